The number of β-amino-alcohol motifs (C(OH)–C–C–N with tert-alkyl or cyclic N) is 1. The summed E-state index contributed by atoms with van der Waals surface area (Å²) in [6, 6.07) is 6.44. The fourth-order valence-electron chi connectivity index (χ4n) is 3.25. The topological polar surface area (TPSA) is 64.6 Å². The summed E-state index contributed by atoms with van der Waals surface area (Å²) < 4.78 is 43.3. The van der Waals surface area contributed by atoms with Crippen molar-refractivity contribution in [1.82, 2.24) is 10.2 Å². The molecule has 31 heavy (non-hydrogen) atoms. The lowest BCUT2D eigenvalue weighted by Crippen LogP contribution is -2.67. The monoisotopic (exact) mass is 547 g/mol. The van der Waals surface area contributed by atoms with Crippen LogP contribution in [0, 0.1) is 26.9 Å². The van der Waals surface area contributed by atoms with E-state index >= 15 is 0 Å². The number of likely N-dealkylation sites (tertiary alicyclic amines) is 1. The first-order valence-electron chi connectivity index (χ1n) is 9.96. The zero-order valence-electron chi connectivity index (χ0n) is 17.5. The van der Waals surface area contributed by atoms with Crippen LogP contribution >= 0.6 is 22.6 Å². The minimum atomic E-state index is -1.27. The zero-order chi connectivity index (χ0) is 22.9. The molecule has 1 aliphatic rings. The molecule has 0 spiro atoms. The first-order valence-corrected chi connectivity index (χ1v) is 11.0. The summed E-state index contributed by atoms with van der Waals surface area (Å²) >= 11 is 1.93. The SMILES string of the molecule is CC(C)C(C)NCC1(O)CN(C(=O)c2ccc(F)c(F)c2Nc2ccc(I)cc2F)C1. The summed E-state index contributed by atoms with van der Waals surface area (Å²) in [4.78, 5) is 14.3. The van der Waals surface area contributed by atoms with Gasteiger partial charge in [0.25, 0.3) is 5.91 Å². The van der Waals surface area contributed by atoms with Crippen molar-refractivity contribution in [3.63, 3.8) is 0 Å². The van der Waals surface area contributed by atoms with Crippen molar-refractivity contribution in [3.8, 4) is 0 Å². The van der Waals surface area contributed by atoms with Crippen molar-refractivity contribution < 1.29 is 23.1 Å². The highest BCUT2D eigenvalue weighted by Crippen LogP contribution is 2.31. The molecule has 1 saturated heterocycles. The smallest absolute Gasteiger partial charge is 0.256 e. The molecular weight excluding hydrogens is 522 g/mol. The summed E-state index contributed by atoms with van der Waals surface area (Å²) in [5.41, 5.74) is -1.74. The van der Waals surface area contributed by atoms with Crippen molar-refractivity contribution >= 4 is 39.9 Å². The number of nitrogens with one attached hydrogen (secondary N) is 2. The Balaban J connectivity index is 1.77. The standard InChI is InChI=1S/C22H25F3IN3O2/c1-12(2)13(3)27-9-22(31)10-29(11-22)21(30)15-5-6-16(23)19(25)20(15)28-18-7-4-14(26)8-17(18)24/h4-8,12-13,27-28,31H,9-11H2,1-3H3. The minimum absolute atomic E-state index is 0.0555. The van der Waals surface area contributed by atoms with E-state index in [-0.39, 0.29) is 30.4 Å². The Hall–Kier alpha value is -1.85. The predicted octanol–water partition coefficient (Wildman–Crippen LogP) is 4.27. The summed E-state index contributed by atoms with van der Waals surface area (Å²) in [6.07, 6.45) is 0. The maximum Gasteiger partial charge on any atom is 0.256 e. The molecule has 0 aliphatic carbocycles. The van der Waals surface area contributed by atoms with Crippen LogP contribution in [-0.2, 0) is 0 Å². The quantitative estimate of drug-likeness (QED) is 0.454. The van der Waals surface area contributed by atoms with Crippen LogP contribution in [0.5, 0.6) is 0 Å². The third-order valence-electron chi connectivity index (χ3n) is 5.53. The van der Waals surface area contributed by atoms with Gasteiger partial charge in [-0.1, -0.05) is 13.8 Å². The van der Waals surface area contributed by atoms with Gasteiger partial charge in [-0.25, -0.2) is 13.2 Å². The van der Waals surface area contributed by atoms with Crippen molar-refractivity contribution in [1.29, 1.82) is 0 Å². The van der Waals surface area contributed by atoms with Gasteiger partial charge in [-0.3, -0.25) is 4.79 Å². The fourth-order valence-corrected chi connectivity index (χ4v) is 3.71. The number of amides is 1. The number of aliphatic hydroxyl groups is 1. The second kappa shape index (κ2) is 9.33. The Morgan fingerprint density at radius 2 is 1.84 bits per heavy atom. The average Bonchev–Trinajstić information content (AvgIpc) is 2.68. The molecule has 2 aromatic carbocycles. The summed E-state index contributed by atoms with van der Waals surface area (Å²) in [5.74, 6) is -3.27. The maximum absolute atomic E-state index is 14.6. The second-order valence-corrected chi connectivity index (χ2v) is 9.58. The van der Waals surface area contributed by atoms with Crippen LogP contribution in [0.4, 0.5) is 24.5 Å². The van der Waals surface area contributed by atoms with E-state index in [9.17, 15) is 23.1 Å². The number of benzene rings is 2. The van der Waals surface area contributed by atoms with Crippen LogP contribution in [0.3, 0.4) is 0 Å². The molecule has 1 atom stereocenters. The fraction of sp³-hybridized carbons (Fsp3) is 0.409. The van der Waals surface area contributed by atoms with Crippen molar-refractivity contribution in [2.24, 2.45) is 5.92 Å². The number of carbonyl (C=O) groups is 1. The number of hydrogen-bond donors (Lipinski definition) is 3. The Morgan fingerprint density at radius 1 is 1.16 bits per heavy atom. The third kappa shape index (κ3) is 5.32. The molecule has 1 fully saturated rings. The molecule has 0 bridgehead atoms. The van der Waals surface area contributed by atoms with Crippen LogP contribution in [0.15, 0.2) is 30.3 Å². The highest BCUT2D eigenvalue weighted by atomic mass is 127. The average molecular weight is 547 g/mol. The Kier molecular flexibility index (Phi) is 7.17. The summed E-state index contributed by atoms with van der Waals surface area (Å²) in [7, 11) is 0. The maximum atomic E-state index is 14.6. The number of hydrogen-bond acceptors (Lipinski definition) is 4. The van der Waals surface area contributed by atoms with Crippen LogP contribution in [0.2, 0.25) is 0 Å². The van der Waals surface area contributed by atoms with Crippen molar-refractivity contribution in [2.75, 3.05) is 25.0 Å². The van der Waals surface area contributed by atoms with E-state index in [1.165, 1.54) is 17.0 Å². The largest absolute Gasteiger partial charge is 0.385 e. The minimum Gasteiger partial charge on any atom is -0.385 e. The predicted molar refractivity (Wildman–Crippen MR) is 122 cm³/mol. The van der Waals surface area contributed by atoms with E-state index in [0.29, 0.717) is 16.0 Å². The van der Waals surface area contributed by atoms with E-state index in [1.54, 1.807) is 6.07 Å². The van der Waals surface area contributed by atoms with Gasteiger partial charge in [-0.2, -0.15) is 0 Å². The number of carbonyl (C=O) groups excluding carboxylic acids is 1. The molecule has 0 aromatic heterocycles. The van der Waals surface area contributed by atoms with Gasteiger partial charge in [-0.15, -0.1) is 0 Å². The molecule has 3 rings (SSSR count). The lowest BCUT2D eigenvalue weighted by molar-refractivity contribution is -0.0801. The molecule has 1 unspecified atom stereocenters. The zero-order valence-corrected chi connectivity index (χ0v) is 19.6. The van der Waals surface area contributed by atoms with Crippen LogP contribution in [-0.4, -0.2) is 47.2 Å². The highest BCUT2D eigenvalue weighted by Gasteiger charge is 2.44. The van der Waals surface area contributed by atoms with Crippen LogP contribution in [0.25, 0.3) is 0 Å². The van der Waals surface area contributed by atoms with Gasteiger partial charge in [0, 0.05) is 16.2 Å². The lowest BCUT2D eigenvalue weighted by Gasteiger charge is -2.47. The highest BCUT2D eigenvalue weighted by molar-refractivity contribution is 14.1. The van der Waals surface area contributed by atoms with Crippen molar-refractivity contribution in [3.05, 3.63) is 56.9 Å². The molecule has 5 nitrogen and oxygen atoms in total. The van der Waals surface area contributed by atoms with Gasteiger partial charge in [0.15, 0.2) is 11.6 Å². The Bertz CT molecular complexity index is 981. The molecule has 2 aromatic rings. The molecule has 168 valence electrons. The van der Waals surface area contributed by atoms with Gasteiger partial charge < -0.3 is 20.6 Å². The van der Waals surface area contributed by atoms with E-state index in [4.69, 9.17) is 0 Å². The molecule has 9 heteroatoms. The van der Waals surface area contributed by atoms with E-state index < -0.39 is 34.6 Å². The third-order valence-corrected chi connectivity index (χ3v) is 6.20. The normalized spacial score (nSPS) is 16.2. The van der Waals surface area contributed by atoms with Gasteiger partial charge in [0.2, 0.25) is 0 Å². The van der Waals surface area contributed by atoms with Gasteiger partial charge in [0.1, 0.15) is 11.4 Å². The molecule has 0 saturated carbocycles. The van der Waals surface area contributed by atoms with Gasteiger partial charge in [-0.05, 0) is 65.8 Å². The van der Waals surface area contributed by atoms with Crippen molar-refractivity contribution in [2.45, 2.75) is 32.4 Å². The molecule has 1 heterocycles. The molecule has 1 aliphatic heterocycles. The molecule has 0 radical (unpaired) electrons. The first-order chi connectivity index (χ1) is 14.5. The Morgan fingerprint density at radius 3 is 2.45 bits per heavy atom. The van der Waals surface area contributed by atoms with Crippen LogP contribution in [0.1, 0.15) is 31.1 Å². The number of nitrogens with zero attached hydrogens (tertiary/aromatic N) is 1. The second-order valence-electron chi connectivity index (χ2n) is 8.33. The number of rotatable bonds is 7. The molecular formula is C22H25F3IN3O2. The van der Waals surface area contributed by atoms with E-state index in [1.807, 2.05) is 29.5 Å². The summed E-state index contributed by atoms with van der Waals surface area (Å²) in [5, 5.41) is 16.4. The number of anilines is 2. The van der Waals surface area contributed by atoms with E-state index in [2.05, 4.69) is 24.5 Å². The first kappa shape index (κ1) is 23.8. The number of halogens is 4. The van der Waals surface area contributed by atoms with Gasteiger partial charge in [0.05, 0.1) is 30.0 Å². The Labute approximate surface area is 193 Å². The van der Waals surface area contributed by atoms with Crippen LogP contribution < -0.4 is 10.6 Å². The molecule has 3 N–H and O–H groups in total. The lowest BCUT2D eigenvalue weighted by atomic mass is 9.92. The molecule has 1 amide bonds. The van der Waals surface area contributed by atoms with Gasteiger partial charge >= 0.3 is 0 Å². The van der Waals surface area contributed by atoms with E-state index in [0.717, 1.165) is 12.1 Å². The summed E-state index contributed by atoms with van der Waals surface area (Å²) in [6.45, 7) is 6.56.